The van der Waals surface area contributed by atoms with E-state index < -0.39 is 41.6 Å². The Morgan fingerprint density at radius 3 is 2.57 bits per heavy atom. The van der Waals surface area contributed by atoms with Crippen LogP contribution in [0.25, 0.3) is 0 Å². The van der Waals surface area contributed by atoms with E-state index >= 15 is 0 Å². The molecule has 2 saturated heterocycles. The summed E-state index contributed by atoms with van der Waals surface area (Å²) in [6, 6.07) is 2.00. The lowest BCUT2D eigenvalue weighted by molar-refractivity contribution is -0.136. The highest BCUT2D eigenvalue weighted by Crippen LogP contribution is 2.32. The molecule has 0 aromatic heterocycles. The molecule has 148 valence electrons. The molecule has 3 aliphatic rings. The summed E-state index contributed by atoms with van der Waals surface area (Å²) in [5.41, 5.74) is 0.443. The molecule has 4 rings (SSSR count). The van der Waals surface area contributed by atoms with Crippen molar-refractivity contribution in [3.05, 3.63) is 29.3 Å². The van der Waals surface area contributed by atoms with E-state index in [2.05, 4.69) is 16.0 Å². The molecular formula is C18H18F2N4O4. The van der Waals surface area contributed by atoms with Crippen LogP contribution in [0.1, 0.15) is 40.0 Å². The monoisotopic (exact) mass is 392 g/mol. The molecule has 3 N–H and O–H groups in total. The Morgan fingerprint density at radius 1 is 1.11 bits per heavy atom. The second-order valence-corrected chi connectivity index (χ2v) is 7.12. The average molecular weight is 392 g/mol. The van der Waals surface area contributed by atoms with Gasteiger partial charge in [-0.25, -0.2) is 8.78 Å². The van der Waals surface area contributed by atoms with Gasteiger partial charge >= 0.3 is 0 Å². The van der Waals surface area contributed by atoms with E-state index in [9.17, 15) is 28.0 Å². The molecule has 0 aliphatic carbocycles. The van der Waals surface area contributed by atoms with Gasteiger partial charge in [-0.2, -0.15) is 0 Å². The summed E-state index contributed by atoms with van der Waals surface area (Å²) in [4.78, 5) is 49.6. The summed E-state index contributed by atoms with van der Waals surface area (Å²) in [6.07, 6.45) is -0.210. The number of piperidine rings is 2. The quantitative estimate of drug-likeness (QED) is 0.647. The number of hydrogen-bond donors (Lipinski definition) is 3. The van der Waals surface area contributed by atoms with Crippen LogP contribution in [-0.4, -0.2) is 59.6 Å². The molecule has 10 heteroatoms. The van der Waals surface area contributed by atoms with Gasteiger partial charge in [0, 0.05) is 31.6 Å². The average Bonchev–Trinajstić information content (AvgIpc) is 2.88. The number of halogens is 2. The van der Waals surface area contributed by atoms with Crippen LogP contribution in [-0.2, 0) is 9.59 Å². The van der Waals surface area contributed by atoms with Gasteiger partial charge in [-0.05, 0) is 24.6 Å². The topological polar surface area (TPSA) is 108 Å². The fraction of sp³-hybridized carbons (Fsp3) is 0.444. The van der Waals surface area contributed by atoms with Crippen LogP contribution in [0.15, 0.2) is 18.2 Å². The van der Waals surface area contributed by atoms with Crippen molar-refractivity contribution >= 4 is 29.3 Å². The van der Waals surface area contributed by atoms with E-state index in [1.165, 1.54) is 18.2 Å². The number of amides is 4. The van der Waals surface area contributed by atoms with Crippen LogP contribution in [0, 0.1) is 0 Å². The third kappa shape index (κ3) is 3.03. The van der Waals surface area contributed by atoms with Gasteiger partial charge in [-0.15, -0.1) is 0 Å². The highest BCUT2D eigenvalue weighted by Gasteiger charge is 2.45. The predicted octanol–water partition coefficient (Wildman–Crippen LogP) is 0.497. The summed E-state index contributed by atoms with van der Waals surface area (Å²) in [6.45, 7) is 0.294. The van der Waals surface area contributed by atoms with Gasteiger partial charge in [0.2, 0.25) is 11.8 Å². The minimum atomic E-state index is -2.90. The van der Waals surface area contributed by atoms with E-state index in [0.717, 1.165) is 4.90 Å². The number of alkyl halides is 2. The number of rotatable bonds is 3. The fourth-order valence-electron chi connectivity index (χ4n) is 3.74. The maximum absolute atomic E-state index is 14.0. The molecule has 2 fully saturated rings. The Balaban J connectivity index is 1.57. The number of fused-ring (bicyclic) bond motifs is 1. The minimum absolute atomic E-state index is 0.0282. The van der Waals surface area contributed by atoms with Crippen LogP contribution in [0.4, 0.5) is 14.5 Å². The van der Waals surface area contributed by atoms with Crippen molar-refractivity contribution in [3.63, 3.8) is 0 Å². The lowest BCUT2D eigenvalue weighted by atomic mass is 10.0. The van der Waals surface area contributed by atoms with E-state index in [4.69, 9.17) is 0 Å². The molecule has 0 saturated carbocycles. The number of hydrogen-bond acceptors (Lipinski definition) is 6. The molecular weight excluding hydrogens is 374 g/mol. The van der Waals surface area contributed by atoms with Crippen LogP contribution in [0.3, 0.4) is 0 Å². The van der Waals surface area contributed by atoms with Crippen LogP contribution in [0.2, 0.25) is 0 Å². The normalized spacial score (nSPS) is 26.9. The molecule has 8 nitrogen and oxygen atoms in total. The van der Waals surface area contributed by atoms with Crippen molar-refractivity contribution < 1.29 is 28.0 Å². The zero-order valence-electron chi connectivity index (χ0n) is 14.8. The number of benzene rings is 1. The van der Waals surface area contributed by atoms with E-state index in [-0.39, 0.29) is 43.5 Å². The first-order valence-corrected chi connectivity index (χ1v) is 8.98. The molecule has 0 spiro atoms. The van der Waals surface area contributed by atoms with Crippen molar-refractivity contribution in [3.8, 4) is 0 Å². The zero-order valence-corrected chi connectivity index (χ0v) is 14.8. The Morgan fingerprint density at radius 2 is 1.86 bits per heavy atom. The molecule has 28 heavy (non-hydrogen) atoms. The number of carbonyl (C=O) groups excluding carboxylic acids is 4. The molecule has 3 heterocycles. The van der Waals surface area contributed by atoms with Crippen LogP contribution in [0.5, 0.6) is 0 Å². The smallest absolute Gasteiger partial charge is 0.270 e. The van der Waals surface area contributed by atoms with E-state index in [1.807, 2.05) is 0 Å². The molecule has 4 amide bonds. The third-order valence-corrected chi connectivity index (χ3v) is 5.27. The minimum Gasteiger partial charge on any atom is -0.375 e. The van der Waals surface area contributed by atoms with Gasteiger partial charge < -0.3 is 10.6 Å². The molecule has 0 radical (unpaired) electrons. The van der Waals surface area contributed by atoms with Gasteiger partial charge in [0.25, 0.3) is 17.7 Å². The Bertz CT molecular complexity index is 888. The van der Waals surface area contributed by atoms with Gasteiger partial charge in [-0.1, -0.05) is 0 Å². The summed E-state index contributed by atoms with van der Waals surface area (Å²) in [5, 5.41) is 7.74. The third-order valence-electron chi connectivity index (χ3n) is 5.27. The number of anilines is 1. The van der Waals surface area contributed by atoms with Gasteiger partial charge in [0.1, 0.15) is 12.1 Å². The second kappa shape index (κ2) is 6.62. The zero-order chi connectivity index (χ0) is 20.1. The van der Waals surface area contributed by atoms with Crippen molar-refractivity contribution in [1.82, 2.24) is 15.5 Å². The van der Waals surface area contributed by atoms with Gasteiger partial charge in [-0.3, -0.25) is 29.4 Å². The lowest BCUT2D eigenvalue weighted by Crippen LogP contribution is -2.54. The standard InChI is InChI=1S/C18H18F2N4O4/c19-18(20)5-6-21-8-13(18)22-9-1-2-10-11(7-9)17(28)24(16(10)27)12-3-4-14(25)23-15(12)26/h1-2,7,12-13,21-22H,3-6,8H2,(H,23,25,26). The lowest BCUT2D eigenvalue weighted by Gasteiger charge is -2.33. The molecule has 2 unspecified atom stereocenters. The number of imide groups is 2. The van der Waals surface area contributed by atoms with Crippen molar-refractivity contribution in [2.24, 2.45) is 0 Å². The van der Waals surface area contributed by atoms with E-state index in [0.29, 0.717) is 5.69 Å². The van der Waals surface area contributed by atoms with Crippen LogP contribution >= 0.6 is 0 Å². The summed E-state index contributed by atoms with van der Waals surface area (Å²) >= 11 is 0. The van der Waals surface area contributed by atoms with Gasteiger partial charge in [0.05, 0.1) is 11.1 Å². The van der Waals surface area contributed by atoms with Gasteiger partial charge in [0.15, 0.2) is 0 Å². The Kier molecular flexibility index (Phi) is 4.37. The molecule has 2 atom stereocenters. The fourth-order valence-corrected chi connectivity index (χ4v) is 3.74. The van der Waals surface area contributed by atoms with E-state index in [1.54, 1.807) is 0 Å². The summed E-state index contributed by atoms with van der Waals surface area (Å²) < 4.78 is 28.1. The molecule has 0 bridgehead atoms. The number of nitrogens with one attached hydrogen (secondary N) is 3. The predicted molar refractivity (Wildman–Crippen MR) is 93.0 cm³/mol. The van der Waals surface area contributed by atoms with Crippen molar-refractivity contribution in [1.29, 1.82) is 0 Å². The maximum atomic E-state index is 14.0. The first-order chi connectivity index (χ1) is 13.3. The highest BCUT2D eigenvalue weighted by molar-refractivity contribution is 6.23. The van der Waals surface area contributed by atoms with Crippen molar-refractivity contribution in [2.75, 3.05) is 18.4 Å². The summed E-state index contributed by atoms with van der Waals surface area (Å²) in [5.74, 6) is -5.36. The first-order valence-electron chi connectivity index (χ1n) is 8.98. The van der Waals surface area contributed by atoms with Crippen LogP contribution < -0.4 is 16.0 Å². The molecule has 1 aromatic rings. The largest absolute Gasteiger partial charge is 0.375 e. The first kappa shape index (κ1) is 18.5. The maximum Gasteiger partial charge on any atom is 0.270 e. The second-order valence-electron chi connectivity index (χ2n) is 7.12. The number of nitrogens with zero attached hydrogens (tertiary/aromatic N) is 1. The Hall–Kier alpha value is -2.88. The summed E-state index contributed by atoms with van der Waals surface area (Å²) in [7, 11) is 0. The molecule has 1 aromatic carbocycles. The van der Waals surface area contributed by atoms with Crippen molar-refractivity contribution in [2.45, 2.75) is 37.3 Å². The Labute approximate surface area is 158 Å². The molecule has 3 aliphatic heterocycles. The SMILES string of the molecule is O=C1CCC(N2C(=O)c3ccc(NC4CNCCC4(F)F)cc3C2=O)C(=O)N1. The number of carbonyl (C=O) groups is 4. The highest BCUT2D eigenvalue weighted by atomic mass is 19.3.